The first-order chi connectivity index (χ1) is 19.0. The van der Waals surface area contributed by atoms with Crippen LogP contribution in [-0.4, -0.2) is 43.8 Å². The Morgan fingerprint density at radius 1 is 1.02 bits per heavy atom. The lowest BCUT2D eigenvalue weighted by Crippen LogP contribution is -2.52. The fourth-order valence-corrected chi connectivity index (χ4v) is 6.60. The molecule has 3 aromatic rings. The maximum atomic E-state index is 14.0. The molecule has 0 spiro atoms. The lowest BCUT2D eigenvalue weighted by Gasteiger charge is -2.32. The van der Waals surface area contributed by atoms with Crippen molar-refractivity contribution in [2.75, 3.05) is 10.8 Å². The predicted molar refractivity (Wildman–Crippen MR) is 162 cm³/mol. The maximum absolute atomic E-state index is 14.0. The quantitative estimate of drug-likeness (QED) is 0.289. The van der Waals surface area contributed by atoms with Crippen LogP contribution in [0.15, 0.2) is 82.2 Å². The van der Waals surface area contributed by atoms with E-state index in [9.17, 15) is 18.0 Å². The number of hydrogen-bond donors (Lipinski definition) is 1. The van der Waals surface area contributed by atoms with Crippen LogP contribution >= 0.6 is 27.5 Å². The van der Waals surface area contributed by atoms with Crippen LogP contribution in [0.4, 0.5) is 5.69 Å². The van der Waals surface area contributed by atoms with Crippen molar-refractivity contribution >= 4 is 55.1 Å². The van der Waals surface area contributed by atoms with E-state index in [1.807, 2.05) is 37.3 Å². The van der Waals surface area contributed by atoms with Crippen LogP contribution in [0.1, 0.15) is 43.7 Å². The third kappa shape index (κ3) is 7.44. The maximum Gasteiger partial charge on any atom is 0.264 e. The van der Waals surface area contributed by atoms with Crippen molar-refractivity contribution in [1.29, 1.82) is 0 Å². The van der Waals surface area contributed by atoms with Crippen LogP contribution in [0.5, 0.6) is 0 Å². The van der Waals surface area contributed by atoms with Crippen molar-refractivity contribution in [2.24, 2.45) is 0 Å². The van der Waals surface area contributed by atoms with E-state index < -0.39 is 28.5 Å². The second-order valence-electron chi connectivity index (χ2n) is 10.1. The molecule has 10 heteroatoms. The normalized spacial score (nSPS) is 14.5. The molecule has 1 unspecified atom stereocenters. The highest BCUT2D eigenvalue weighted by molar-refractivity contribution is 9.10. The van der Waals surface area contributed by atoms with Gasteiger partial charge in [-0.3, -0.25) is 13.9 Å². The Bertz CT molecular complexity index is 1440. The number of rotatable bonds is 10. The number of aryl methyl sites for hydroxylation is 1. The highest BCUT2D eigenvalue weighted by Crippen LogP contribution is 2.26. The zero-order valence-electron chi connectivity index (χ0n) is 22.5. The summed E-state index contributed by atoms with van der Waals surface area (Å²) in [5.41, 5.74) is 2.02. The van der Waals surface area contributed by atoms with Gasteiger partial charge in [0.15, 0.2) is 0 Å². The number of carbonyl (C=O) groups excluding carboxylic acids is 2. The van der Waals surface area contributed by atoms with Crippen LogP contribution in [0.2, 0.25) is 5.02 Å². The number of carbonyl (C=O) groups is 2. The van der Waals surface area contributed by atoms with Crippen molar-refractivity contribution in [3.8, 4) is 0 Å². The minimum Gasteiger partial charge on any atom is -0.352 e. The number of benzene rings is 3. The monoisotopic (exact) mass is 645 g/mol. The van der Waals surface area contributed by atoms with Gasteiger partial charge in [-0.05, 0) is 86.3 Å². The van der Waals surface area contributed by atoms with Gasteiger partial charge >= 0.3 is 0 Å². The summed E-state index contributed by atoms with van der Waals surface area (Å²) in [6, 6.07) is 19.6. The molecular weight excluding hydrogens is 614 g/mol. The molecule has 0 radical (unpaired) electrons. The fraction of sp³-hybridized carbons (Fsp3) is 0.333. The van der Waals surface area contributed by atoms with E-state index in [1.54, 1.807) is 25.1 Å². The van der Waals surface area contributed by atoms with E-state index in [-0.39, 0.29) is 23.4 Å². The Morgan fingerprint density at radius 2 is 1.68 bits per heavy atom. The molecule has 212 valence electrons. The molecule has 0 aromatic heterocycles. The van der Waals surface area contributed by atoms with Crippen LogP contribution in [0.25, 0.3) is 0 Å². The number of sulfonamides is 1. The van der Waals surface area contributed by atoms with Gasteiger partial charge in [-0.1, -0.05) is 64.6 Å². The van der Waals surface area contributed by atoms with Crippen molar-refractivity contribution in [3.05, 3.63) is 93.4 Å². The number of amides is 2. The van der Waals surface area contributed by atoms with Crippen molar-refractivity contribution in [1.82, 2.24) is 10.2 Å². The summed E-state index contributed by atoms with van der Waals surface area (Å²) in [5, 5.41) is 3.48. The minimum atomic E-state index is -4.14. The summed E-state index contributed by atoms with van der Waals surface area (Å²) in [7, 11) is -4.14. The Hall–Kier alpha value is -2.88. The van der Waals surface area contributed by atoms with Crippen LogP contribution < -0.4 is 9.62 Å². The molecule has 3 aromatic carbocycles. The summed E-state index contributed by atoms with van der Waals surface area (Å²) < 4.78 is 29.7. The number of nitrogens with one attached hydrogen (secondary N) is 1. The average molecular weight is 647 g/mol. The van der Waals surface area contributed by atoms with E-state index in [0.717, 1.165) is 45.6 Å². The molecule has 7 nitrogen and oxygen atoms in total. The van der Waals surface area contributed by atoms with Crippen molar-refractivity contribution in [2.45, 2.75) is 63.1 Å². The van der Waals surface area contributed by atoms with Crippen molar-refractivity contribution < 1.29 is 18.0 Å². The topological polar surface area (TPSA) is 86.8 Å². The molecular formula is C30H33BrClN3O4S. The van der Waals surface area contributed by atoms with Gasteiger partial charge in [0.2, 0.25) is 11.8 Å². The summed E-state index contributed by atoms with van der Waals surface area (Å²) in [4.78, 5) is 28.8. The zero-order valence-corrected chi connectivity index (χ0v) is 25.7. The summed E-state index contributed by atoms with van der Waals surface area (Å²) in [6.07, 6.45) is 3.96. The first-order valence-electron chi connectivity index (χ1n) is 13.2. The molecule has 40 heavy (non-hydrogen) atoms. The highest BCUT2D eigenvalue weighted by atomic mass is 79.9. The van der Waals surface area contributed by atoms with Crippen molar-refractivity contribution in [3.63, 3.8) is 0 Å². The molecule has 1 fully saturated rings. The second-order valence-corrected chi connectivity index (χ2v) is 13.3. The molecule has 2 amide bonds. The molecule has 0 bridgehead atoms. The van der Waals surface area contributed by atoms with Gasteiger partial charge in [0.1, 0.15) is 12.6 Å². The number of anilines is 1. The van der Waals surface area contributed by atoms with Crippen LogP contribution in [0.3, 0.4) is 0 Å². The molecule has 0 aliphatic heterocycles. The Morgan fingerprint density at radius 3 is 2.30 bits per heavy atom. The van der Waals surface area contributed by atoms with Gasteiger partial charge in [0.25, 0.3) is 10.0 Å². The van der Waals surface area contributed by atoms with Crippen LogP contribution in [-0.2, 0) is 26.2 Å². The van der Waals surface area contributed by atoms with E-state index in [4.69, 9.17) is 11.6 Å². The first kappa shape index (κ1) is 30.1. The van der Waals surface area contributed by atoms with E-state index in [2.05, 4.69) is 21.2 Å². The smallest absolute Gasteiger partial charge is 0.264 e. The molecule has 1 aliphatic rings. The molecule has 4 rings (SSSR count). The largest absolute Gasteiger partial charge is 0.352 e. The molecule has 0 heterocycles. The Kier molecular flexibility index (Phi) is 9.92. The van der Waals surface area contributed by atoms with Gasteiger partial charge in [0.05, 0.1) is 10.6 Å². The first-order valence-corrected chi connectivity index (χ1v) is 15.8. The third-order valence-electron chi connectivity index (χ3n) is 7.11. The van der Waals surface area contributed by atoms with Gasteiger partial charge < -0.3 is 10.2 Å². The molecule has 0 saturated heterocycles. The number of hydrogen-bond acceptors (Lipinski definition) is 4. The minimum absolute atomic E-state index is 0.0118. The standard InChI is InChI=1S/C30H33BrClN3O4S/c1-21-6-5-9-27(18-21)35(40(38,39)28-16-14-25(32)15-17-28)20-29(36)34(19-23-10-12-24(31)13-11-23)22(2)30(37)33-26-7-3-4-8-26/h5-6,9-18,22,26H,3-4,7-8,19-20H2,1-2H3,(H,33,37). The van der Waals surface area contributed by atoms with E-state index >= 15 is 0 Å². The van der Waals surface area contributed by atoms with E-state index in [0.29, 0.717) is 10.7 Å². The highest BCUT2D eigenvalue weighted by Gasteiger charge is 2.33. The predicted octanol–water partition coefficient (Wildman–Crippen LogP) is 6.08. The summed E-state index contributed by atoms with van der Waals surface area (Å²) in [5.74, 6) is -0.740. The molecule has 1 N–H and O–H groups in total. The Labute approximate surface area is 249 Å². The van der Waals surface area contributed by atoms with E-state index in [1.165, 1.54) is 29.2 Å². The van der Waals surface area contributed by atoms with Gasteiger partial charge in [-0.2, -0.15) is 0 Å². The third-order valence-corrected chi connectivity index (χ3v) is 9.67. The summed E-state index contributed by atoms with van der Waals surface area (Å²) in [6.45, 7) is 3.21. The number of nitrogens with zero attached hydrogens (tertiary/aromatic N) is 2. The Balaban J connectivity index is 1.68. The fourth-order valence-electron chi connectivity index (χ4n) is 4.81. The number of halogens is 2. The zero-order chi connectivity index (χ0) is 28.9. The molecule has 1 saturated carbocycles. The summed E-state index contributed by atoms with van der Waals surface area (Å²) >= 11 is 9.44. The lowest BCUT2D eigenvalue weighted by molar-refractivity contribution is -0.139. The second kappa shape index (κ2) is 13.2. The van der Waals surface area contributed by atoms with Crippen LogP contribution in [0, 0.1) is 6.92 Å². The van der Waals surface area contributed by atoms with Gasteiger partial charge in [0, 0.05) is 22.1 Å². The average Bonchev–Trinajstić information content (AvgIpc) is 3.44. The van der Waals surface area contributed by atoms with Gasteiger partial charge in [-0.15, -0.1) is 0 Å². The van der Waals surface area contributed by atoms with Gasteiger partial charge in [-0.25, -0.2) is 8.42 Å². The lowest BCUT2D eigenvalue weighted by atomic mass is 10.1. The molecule has 1 aliphatic carbocycles. The SMILES string of the molecule is Cc1cccc(N(CC(=O)N(Cc2ccc(Br)cc2)C(C)C(=O)NC2CCCC2)S(=O)(=O)c2ccc(Cl)cc2)c1. The molecule has 1 atom stereocenters.